The van der Waals surface area contributed by atoms with Crippen LogP contribution in [0, 0.1) is 25.5 Å². The maximum Gasteiger partial charge on any atom is 0.279 e. The molecule has 1 heterocycles. The molecule has 12 heteroatoms. The van der Waals surface area contributed by atoms with Crippen molar-refractivity contribution in [3.63, 3.8) is 0 Å². The molecule has 8 nitrogen and oxygen atoms in total. The second-order valence-electron chi connectivity index (χ2n) is 8.24. The number of hydrogen-bond acceptors (Lipinski definition) is 6. The summed E-state index contributed by atoms with van der Waals surface area (Å²) < 4.78 is 90.0. The van der Waals surface area contributed by atoms with Crippen LogP contribution in [-0.2, 0) is 27.1 Å². The molecule has 0 fully saturated rings. The third-order valence-corrected chi connectivity index (χ3v) is 9.84. The number of aromatic nitrogens is 2. The number of ether oxygens (including phenoxy) is 1. The molecule has 0 bridgehead atoms. The van der Waals surface area contributed by atoms with Gasteiger partial charge in [0.1, 0.15) is 17.4 Å². The Bertz CT molecular complexity index is 1640. The number of halogens is 2. The number of aryl methyl sites for hydroxylation is 3. The standard InChI is InChI=1S/C25H23F2N3O5S2/c1-16-13-18(9-11-21(16)26)36(31,32)30(37(33,34)19-10-12-22(27)17(2)14-19)25-15-23(28-29(25)3)20-7-5-6-8-24(20)35-4/h5-15H,1-4H3. The minimum absolute atomic E-state index is 0.00997. The molecule has 0 N–H and O–H groups in total. The van der Waals surface area contributed by atoms with Crippen molar-refractivity contribution in [3.8, 4) is 17.0 Å². The van der Waals surface area contributed by atoms with Crippen molar-refractivity contribution in [1.82, 2.24) is 9.78 Å². The summed E-state index contributed by atoms with van der Waals surface area (Å²) in [6, 6.07) is 14.0. The van der Waals surface area contributed by atoms with E-state index >= 15 is 0 Å². The predicted octanol–water partition coefficient (Wildman–Crippen LogP) is 4.57. The van der Waals surface area contributed by atoms with Crippen molar-refractivity contribution >= 4 is 25.9 Å². The zero-order valence-corrected chi connectivity index (χ0v) is 21.9. The minimum atomic E-state index is -4.84. The van der Waals surface area contributed by atoms with Gasteiger partial charge in [-0.05, 0) is 73.5 Å². The first kappa shape index (κ1) is 26.3. The fourth-order valence-electron chi connectivity index (χ4n) is 3.74. The number of benzene rings is 3. The summed E-state index contributed by atoms with van der Waals surface area (Å²) in [7, 11) is -6.83. The molecule has 0 amide bonds. The Kier molecular flexibility index (Phi) is 6.82. The van der Waals surface area contributed by atoms with Crippen LogP contribution in [0.25, 0.3) is 11.3 Å². The average molecular weight is 548 g/mol. The van der Waals surface area contributed by atoms with Gasteiger partial charge < -0.3 is 4.74 Å². The van der Waals surface area contributed by atoms with Crippen molar-refractivity contribution in [3.05, 3.63) is 89.5 Å². The second kappa shape index (κ2) is 9.60. The van der Waals surface area contributed by atoms with Crippen molar-refractivity contribution in [2.24, 2.45) is 7.05 Å². The van der Waals surface area contributed by atoms with E-state index in [1.807, 2.05) is 0 Å². The number of hydrogen-bond donors (Lipinski definition) is 0. The van der Waals surface area contributed by atoms with Crippen molar-refractivity contribution in [2.45, 2.75) is 23.6 Å². The van der Waals surface area contributed by atoms with Crippen molar-refractivity contribution in [1.29, 1.82) is 0 Å². The van der Waals surface area contributed by atoms with Gasteiger partial charge >= 0.3 is 0 Å². The van der Waals surface area contributed by atoms with Gasteiger partial charge in [0.25, 0.3) is 20.0 Å². The van der Waals surface area contributed by atoms with Crippen LogP contribution in [0.5, 0.6) is 5.75 Å². The van der Waals surface area contributed by atoms with E-state index in [4.69, 9.17) is 4.74 Å². The molecule has 0 atom stereocenters. The molecule has 4 aromatic rings. The molecule has 194 valence electrons. The van der Waals surface area contributed by atoms with Gasteiger partial charge in [0.2, 0.25) is 0 Å². The number of para-hydroxylation sites is 1. The summed E-state index contributed by atoms with van der Waals surface area (Å²) in [5.74, 6) is -1.18. The molecule has 0 aliphatic rings. The van der Waals surface area contributed by atoms with Crippen LogP contribution in [0.15, 0.2) is 76.5 Å². The molecule has 4 rings (SSSR count). The number of methoxy groups -OCH3 is 1. The number of nitrogens with zero attached hydrogens (tertiary/aromatic N) is 3. The van der Waals surface area contributed by atoms with Crippen molar-refractivity contribution < 1.29 is 30.4 Å². The van der Waals surface area contributed by atoms with E-state index in [0.29, 0.717) is 11.3 Å². The molecule has 37 heavy (non-hydrogen) atoms. The van der Waals surface area contributed by atoms with E-state index in [2.05, 4.69) is 5.10 Å². The first-order chi connectivity index (χ1) is 17.4. The van der Waals surface area contributed by atoms with Crippen LogP contribution in [0.2, 0.25) is 0 Å². The quantitative estimate of drug-likeness (QED) is 0.336. The summed E-state index contributed by atoms with van der Waals surface area (Å²) >= 11 is 0. The largest absolute Gasteiger partial charge is 0.496 e. The zero-order valence-electron chi connectivity index (χ0n) is 20.3. The molecular formula is C25H23F2N3O5S2. The van der Waals surface area contributed by atoms with Crippen LogP contribution >= 0.6 is 0 Å². The van der Waals surface area contributed by atoms with Crippen LogP contribution < -0.4 is 8.45 Å². The number of rotatable bonds is 7. The fourth-order valence-corrected chi connectivity index (χ4v) is 7.64. The minimum Gasteiger partial charge on any atom is -0.496 e. The smallest absolute Gasteiger partial charge is 0.279 e. The van der Waals surface area contributed by atoms with Gasteiger partial charge in [-0.3, -0.25) is 4.68 Å². The third-order valence-electron chi connectivity index (χ3n) is 5.72. The Morgan fingerprint density at radius 1 is 0.811 bits per heavy atom. The molecule has 0 aliphatic carbocycles. The molecule has 0 saturated carbocycles. The molecule has 0 spiro atoms. The van der Waals surface area contributed by atoms with E-state index < -0.39 is 41.5 Å². The summed E-state index contributed by atoms with van der Waals surface area (Å²) in [6.07, 6.45) is 0. The molecular weight excluding hydrogens is 524 g/mol. The highest BCUT2D eigenvalue weighted by molar-refractivity contribution is 8.10. The predicted molar refractivity (Wildman–Crippen MR) is 134 cm³/mol. The van der Waals surface area contributed by atoms with Gasteiger partial charge in [-0.1, -0.05) is 12.1 Å². The Hall–Kier alpha value is -3.77. The van der Waals surface area contributed by atoms with Crippen molar-refractivity contribution in [2.75, 3.05) is 10.8 Å². The Balaban J connectivity index is 2.00. The second-order valence-corrected chi connectivity index (χ2v) is 12.0. The van der Waals surface area contributed by atoms with Gasteiger partial charge in [-0.2, -0.15) is 21.9 Å². The summed E-state index contributed by atoms with van der Waals surface area (Å²) in [4.78, 5) is -0.900. The molecule has 0 unspecified atom stereocenters. The Morgan fingerprint density at radius 3 is 1.81 bits per heavy atom. The monoisotopic (exact) mass is 547 g/mol. The van der Waals surface area contributed by atoms with Gasteiger partial charge in [-0.25, -0.2) is 8.78 Å². The normalized spacial score (nSPS) is 11.9. The van der Waals surface area contributed by atoms with E-state index in [1.165, 1.54) is 34.1 Å². The zero-order chi connectivity index (χ0) is 27.1. The maximum absolute atomic E-state index is 13.9. The molecule has 0 aliphatic heterocycles. The lowest BCUT2D eigenvalue weighted by molar-refractivity contribution is 0.416. The summed E-state index contributed by atoms with van der Waals surface area (Å²) in [5, 5.41) is 4.33. The highest BCUT2D eigenvalue weighted by Gasteiger charge is 2.39. The number of anilines is 1. The Labute approximate surface area is 213 Å². The van der Waals surface area contributed by atoms with Crippen LogP contribution in [0.4, 0.5) is 14.6 Å². The first-order valence-corrected chi connectivity index (χ1v) is 13.8. The van der Waals surface area contributed by atoms with Crippen LogP contribution in [0.3, 0.4) is 0 Å². The van der Waals surface area contributed by atoms with E-state index in [-0.39, 0.29) is 26.3 Å². The molecule has 0 radical (unpaired) electrons. The van der Waals surface area contributed by atoms with Gasteiger partial charge in [0, 0.05) is 18.7 Å². The van der Waals surface area contributed by atoms with Crippen LogP contribution in [-0.4, -0.2) is 33.7 Å². The lowest BCUT2D eigenvalue weighted by Crippen LogP contribution is -2.38. The van der Waals surface area contributed by atoms with E-state index in [9.17, 15) is 25.6 Å². The summed E-state index contributed by atoms with van der Waals surface area (Å²) in [6.45, 7) is 2.72. The van der Waals surface area contributed by atoms with Gasteiger partial charge in [0.05, 0.1) is 22.6 Å². The lowest BCUT2D eigenvalue weighted by atomic mass is 10.1. The fraction of sp³-hybridized carbons (Fsp3) is 0.160. The summed E-state index contributed by atoms with van der Waals surface area (Å²) in [5.41, 5.74) is 0.763. The Morgan fingerprint density at radius 2 is 1.32 bits per heavy atom. The van der Waals surface area contributed by atoms with Gasteiger partial charge in [0.15, 0.2) is 5.82 Å². The maximum atomic E-state index is 13.9. The SMILES string of the molecule is COc1ccccc1-c1cc(N(S(=O)(=O)c2ccc(F)c(C)c2)S(=O)(=O)c2ccc(F)c(C)c2)n(C)n1. The first-order valence-electron chi connectivity index (χ1n) is 10.9. The highest BCUT2D eigenvalue weighted by Crippen LogP contribution is 2.36. The van der Waals surface area contributed by atoms with Crippen LogP contribution in [0.1, 0.15) is 11.1 Å². The number of sulfonamides is 2. The molecule has 3 aromatic carbocycles. The molecule has 0 saturated heterocycles. The average Bonchev–Trinajstić information content (AvgIpc) is 3.22. The highest BCUT2D eigenvalue weighted by atomic mass is 32.3. The lowest BCUT2D eigenvalue weighted by Gasteiger charge is -2.24. The van der Waals surface area contributed by atoms with Gasteiger partial charge in [-0.15, -0.1) is 3.71 Å². The van der Waals surface area contributed by atoms with E-state index in [0.717, 1.165) is 41.1 Å². The molecule has 1 aromatic heterocycles. The van der Waals surface area contributed by atoms with E-state index in [1.54, 1.807) is 24.3 Å². The third kappa shape index (κ3) is 4.69. The topological polar surface area (TPSA) is 98.6 Å².